The van der Waals surface area contributed by atoms with Gasteiger partial charge in [-0.05, 0) is 50.8 Å². The van der Waals surface area contributed by atoms with E-state index in [1.54, 1.807) is 12.6 Å². The minimum Gasteiger partial charge on any atom is -0.507 e. The Kier molecular flexibility index (Phi) is 4.97. The Balaban J connectivity index is 2.40. The highest BCUT2D eigenvalue weighted by molar-refractivity contribution is 7.78. The van der Waals surface area contributed by atoms with Crippen molar-refractivity contribution in [3.8, 4) is 11.5 Å². The van der Waals surface area contributed by atoms with Gasteiger partial charge in [-0.3, -0.25) is 0 Å². The monoisotopic (exact) mass is 323 g/mol. The average Bonchev–Trinajstić information content (AvgIpc) is 2.51. The Labute approximate surface area is 138 Å². The van der Waals surface area contributed by atoms with Gasteiger partial charge in [-0.25, -0.2) is 0 Å². The van der Waals surface area contributed by atoms with E-state index in [0.29, 0.717) is 18.9 Å². The molecule has 0 spiro atoms. The zero-order chi connectivity index (χ0) is 16.5. The van der Waals surface area contributed by atoms with Crippen molar-refractivity contribution in [2.24, 2.45) is 0 Å². The van der Waals surface area contributed by atoms with Crippen molar-refractivity contribution in [3.05, 3.63) is 22.3 Å². The molecular formula is C17H25NO3S. The summed E-state index contributed by atoms with van der Waals surface area (Å²) in [4.78, 5) is 2.02. The molecule has 1 aliphatic rings. The SMILES string of the molecule is COCCN(C=S)C1(C)CCc2c(C)c(O)c(C)c(C)c2O1. The number of hydrogen-bond donors (Lipinski definition) is 1. The number of nitrogens with zero attached hydrogens (tertiary/aromatic N) is 1. The van der Waals surface area contributed by atoms with Gasteiger partial charge >= 0.3 is 0 Å². The van der Waals surface area contributed by atoms with Crippen molar-refractivity contribution in [1.29, 1.82) is 0 Å². The first-order chi connectivity index (χ1) is 10.4. The standard InChI is InChI=1S/C17H25NO3S/c1-11-12(2)16-14(13(3)15(11)19)6-7-17(4,21-16)18(10-22)8-9-20-5/h10,19H,6-9H2,1-5H3. The number of phenols is 1. The average molecular weight is 323 g/mol. The summed E-state index contributed by atoms with van der Waals surface area (Å²) >= 11 is 5.17. The Morgan fingerprint density at radius 1 is 1.32 bits per heavy atom. The van der Waals surface area contributed by atoms with Crippen LogP contribution in [0.1, 0.15) is 35.6 Å². The third-order valence-electron chi connectivity index (χ3n) is 4.77. The number of rotatable bonds is 5. The smallest absolute Gasteiger partial charge is 0.180 e. The molecule has 4 nitrogen and oxygen atoms in total. The largest absolute Gasteiger partial charge is 0.507 e. The van der Waals surface area contributed by atoms with Crippen LogP contribution in [0.15, 0.2) is 0 Å². The van der Waals surface area contributed by atoms with E-state index in [1.807, 2.05) is 25.7 Å². The van der Waals surface area contributed by atoms with Crippen molar-refractivity contribution in [1.82, 2.24) is 4.90 Å². The van der Waals surface area contributed by atoms with Gasteiger partial charge in [-0.15, -0.1) is 0 Å². The lowest BCUT2D eigenvalue weighted by Crippen LogP contribution is -2.53. The summed E-state index contributed by atoms with van der Waals surface area (Å²) in [6.07, 6.45) is 1.68. The highest BCUT2D eigenvalue weighted by atomic mass is 32.1. The van der Waals surface area contributed by atoms with Gasteiger partial charge in [-0.2, -0.15) is 0 Å². The molecule has 2 rings (SSSR count). The Bertz CT molecular complexity index is 588. The van der Waals surface area contributed by atoms with Gasteiger partial charge in [0.1, 0.15) is 11.5 Å². The lowest BCUT2D eigenvalue weighted by molar-refractivity contribution is -0.0485. The van der Waals surface area contributed by atoms with E-state index < -0.39 is 5.72 Å². The second-order valence-corrected chi connectivity index (χ2v) is 6.31. The molecule has 0 aromatic heterocycles. The fourth-order valence-electron chi connectivity index (χ4n) is 3.03. The molecule has 5 heteroatoms. The topological polar surface area (TPSA) is 41.9 Å². The number of aromatic hydroxyl groups is 1. The molecule has 1 aromatic rings. The van der Waals surface area contributed by atoms with E-state index in [1.165, 1.54) is 0 Å². The maximum Gasteiger partial charge on any atom is 0.180 e. The first-order valence-corrected chi connectivity index (χ1v) is 8.04. The lowest BCUT2D eigenvalue weighted by Gasteiger charge is -2.44. The fourth-order valence-corrected chi connectivity index (χ4v) is 3.36. The minimum absolute atomic E-state index is 0.384. The molecule has 0 fully saturated rings. The van der Waals surface area contributed by atoms with Crippen molar-refractivity contribution in [2.45, 2.75) is 46.3 Å². The van der Waals surface area contributed by atoms with Crippen LogP contribution in [-0.4, -0.2) is 41.5 Å². The quantitative estimate of drug-likeness (QED) is 0.843. The number of benzene rings is 1. The zero-order valence-electron chi connectivity index (χ0n) is 14.0. The molecule has 1 aromatic carbocycles. The number of hydrogen-bond acceptors (Lipinski definition) is 4. The van der Waals surface area contributed by atoms with Gasteiger partial charge in [0, 0.05) is 25.6 Å². The van der Waals surface area contributed by atoms with Gasteiger partial charge < -0.3 is 19.5 Å². The molecule has 0 bridgehead atoms. The Hall–Kier alpha value is -1.33. The van der Waals surface area contributed by atoms with E-state index in [4.69, 9.17) is 21.7 Å². The molecule has 122 valence electrons. The summed E-state index contributed by atoms with van der Waals surface area (Å²) in [5.41, 5.74) is 5.08. The summed E-state index contributed by atoms with van der Waals surface area (Å²) in [5.74, 6) is 1.27. The normalized spacial score (nSPS) is 20.2. The molecule has 1 heterocycles. The molecular weight excluding hydrogens is 298 g/mol. The molecule has 1 aliphatic heterocycles. The van der Waals surface area contributed by atoms with Gasteiger partial charge in [0.15, 0.2) is 5.72 Å². The van der Waals surface area contributed by atoms with Crippen molar-refractivity contribution in [3.63, 3.8) is 0 Å². The summed E-state index contributed by atoms with van der Waals surface area (Å²) in [6.45, 7) is 9.23. The third kappa shape index (κ3) is 2.79. The summed E-state index contributed by atoms with van der Waals surface area (Å²) in [7, 11) is 1.68. The third-order valence-corrected chi connectivity index (χ3v) is 5.03. The number of fused-ring (bicyclic) bond motifs is 1. The molecule has 0 saturated heterocycles. The van der Waals surface area contributed by atoms with Crippen LogP contribution in [0.2, 0.25) is 0 Å². The highest BCUT2D eigenvalue weighted by Gasteiger charge is 2.38. The van der Waals surface area contributed by atoms with Gasteiger partial charge in [0.25, 0.3) is 0 Å². The molecule has 0 saturated carbocycles. The van der Waals surface area contributed by atoms with Crippen molar-refractivity contribution >= 4 is 17.7 Å². The second-order valence-electron chi connectivity index (χ2n) is 6.10. The molecule has 0 aliphatic carbocycles. The minimum atomic E-state index is -0.478. The lowest BCUT2D eigenvalue weighted by atomic mass is 9.90. The van der Waals surface area contributed by atoms with Crippen molar-refractivity contribution in [2.75, 3.05) is 20.3 Å². The maximum atomic E-state index is 10.2. The highest BCUT2D eigenvalue weighted by Crippen LogP contribution is 2.43. The van der Waals surface area contributed by atoms with Crippen LogP contribution < -0.4 is 4.74 Å². The van der Waals surface area contributed by atoms with E-state index in [0.717, 1.165) is 40.8 Å². The summed E-state index contributed by atoms with van der Waals surface area (Å²) in [6, 6.07) is 0. The van der Waals surface area contributed by atoms with Crippen LogP contribution >= 0.6 is 12.2 Å². The number of phenolic OH excluding ortho intramolecular Hbond substituents is 1. The van der Waals surface area contributed by atoms with Gasteiger partial charge in [-0.1, -0.05) is 12.2 Å². The molecule has 0 amide bonds. The van der Waals surface area contributed by atoms with Gasteiger partial charge in [0.2, 0.25) is 0 Å². The number of methoxy groups -OCH3 is 1. The van der Waals surface area contributed by atoms with Crippen molar-refractivity contribution < 1.29 is 14.6 Å². The predicted molar refractivity (Wildman–Crippen MR) is 91.9 cm³/mol. The summed E-state index contributed by atoms with van der Waals surface area (Å²) in [5, 5.41) is 10.2. The van der Waals surface area contributed by atoms with E-state index in [2.05, 4.69) is 6.92 Å². The molecule has 0 radical (unpaired) electrons. The van der Waals surface area contributed by atoms with E-state index in [9.17, 15) is 5.11 Å². The van der Waals surface area contributed by atoms with Crippen LogP contribution in [0.5, 0.6) is 11.5 Å². The molecule has 1 N–H and O–H groups in total. The number of ether oxygens (including phenoxy) is 2. The zero-order valence-corrected chi connectivity index (χ0v) is 14.8. The summed E-state index contributed by atoms with van der Waals surface area (Å²) < 4.78 is 11.5. The maximum absolute atomic E-state index is 10.2. The first kappa shape index (κ1) is 17.0. The van der Waals surface area contributed by atoms with Crippen LogP contribution in [-0.2, 0) is 11.2 Å². The number of thiocarbonyl (C=S) groups is 1. The molecule has 1 unspecified atom stereocenters. The van der Waals surface area contributed by atoms with Crippen LogP contribution in [0, 0.1) is 20.8 Å². The second kappa shape index (κ2) is 6.42. The Morgan fingerprint density at radius 3 is 2.59 bits per heavy atom. The molecule has 1 atom stereocenters. The van der Waals surface area contributed by atoms with E-state index >= 15 is 0 Å². The predicted octanol–water partition coefficient (Wildman–Crippen LogP) is 3.26. The van der Waals surface area contributed by atoms with Crippen LogP contribution in [0.4, 0.5) is 0 Å². The molecule has 22 heavy (non-hydrogen) atoms. The van der Waals surface area contributed by atoms with E-state index in [-0.39, 0.29) is 0 Å². The van der Waals surface area contributed by atoms with Gasteiger partial charge in [0.05, 0.1) is 12.1 Å². The Morgan fingerprint density at radius 2 is 2.00 bits per heavy atom. The van der Waals surface area contributed by atoms with Crippen LogP contribution in [0.3, 0.4) is 0 Å². The van der Waals surface area contributed by atoms with Crippen LogP contribution in [0.25, 0.3) is 0 Å². The fraction of sp³-hybridized carbons (Fsp3) is 0.588. The first-order valence-electron chi connectivity index (χ1n) is 7.57.